The van der Waals surface area contributed by atoms with Crippen molar-refractivity contribution in [3.8, 4) is 0 Å². The average molecular weight is 253 g/mol. The monoisotopic (exact) mass is 253 g/mol. The molecule has 0 fully saturated rings. The van der Waals surface area contributed by atoms with Crippen LogP contribution in [0, 0.1) is 0 Å². The van der Waals surface area contributed by atoms with E-state index in [0.29, 0.717) is 5.69 Å². The molecule has 0 saturated carbocycles. The molecule has 0 aromatic carbocycles. The van der Waals surface area contributed by atoms with Crippen LogP contribution in [0.5, 0.6) is 0 Å². The Hall–Kier alpha value is -2.31. The Kier molecular flexibility index (Phi) is 4.47. The van der Waals surface area contributed by atoms with Crippen LogP contribution in [0.4, 0.5) is 5.69 Å². The predicted molar refractivity (Wildman–Crippen MR) is 64.5 cm³/mol. The van der Waals surface area contributed by atoms with E-state index in [-0.39, 0.29) is 18.5 Å². The van der Waals surface area contributed by atoms with Gasteiger partial charge in [0.1, 0.15) is 6.54 Å². The number of esters is 1. The van der Waals surface area contributed by atoms with Gasteiger partial charge >= 0.3 is 5.97 Å². The van der Waals surface area contributed by atoms with Crippen molar-refractivity contribution < 1.29 is 14.3 Å². The maximum absolute atomic E-state index is 11.5. The number of aromatic nitrogens is 1. The molecule has 7 heteroatoms. The fraction of sp³-hybridized carbons (Fsp3) is 0.364. The van der Waals surface area contributed by atoms with Crippen LogP contribution in [0.3, 0.4) is 0 Å². The van der Waals surface area contributed by atoms with Crippen LogP contribution in [0.25, 0.3) is 0 Å². The van der Waals surface area contributed by atoms with E-state index < -0.39 is 18.0 Å². The van der Waals surface area contributed by atoms with E-state index in [1.807, 2.05) is 0 Å². The number of rotatable bonds is 5. The summed E-state index contributed by atoms with van der Waals surface area (Å²) >= 11 is 0. The number of nitrogens with zero attached hydrogens (tertiary/aromatic N) is 1. The molecule has 4 N–H and O–H groups in total. The SMILES string of the molecule is CCC(OC(=O)Cn1cc(N)ccc1=O)C(N)=O. The summed E-state index contributed by atoms with van der Waals surface area (Å²) < 4.78 is 5.95. The standard InChI is InChI=1S/C11H15N3O4/c1-2-8(11(13)17)18-10(16)6-14-5-7(12)3-4-9(14)15/h3-5,8H,2,6,12H2,1H3,(H2,13,17). The molecule has 1 unspecified atom stereocenters. The highest BCUT2D eigenvalue weighted by atomic mass is 16.5. The second-order valence-corrected chi connectivity index (χ2v) is 3.72. The molecule has 1 aromatic rings. The van der Waals surface area contributed by atoms with Gasteiger partial charge in [-0.25, -0.2) is 0 Å². The number of nitrogens with two attached hydrogens (primary N) is 2. The Balaban J connectivity index is 2.73. The van der Waals surface area contributed by atoms with Crippen molar-refractivity contribution in [3.63, 3.8) is 0 Å². The minimum absolute atomic E-state index is 0.285. The molecular weight excluding hydrogens is 238 g/mol. The third kappa shape index (κ3) is 3.62. The van der Waals surface area contributed by atoms with Crippen molar-refractivity contribution in [2.45, 2.75) is 26.0 Å². The number of hydrogen-bond acceptors (Lipinski definition) is 5. The fourth-order valence-electron chi connectivity index (χ4n) is 1.35. The number of primary amides is 1. The van der Waals surface area contributed by atoms with E-state index in [4.69, 9.17) is 16.2 Å². The molecule has 1 atom stereocenters. The first-order chi connectivity index (χ1) is 8.43. The van der Waals surface area contributed by atoms with E-state index in [1.54, 1.807) is 6.92 Å². The predicted octanol–water partition coefficient (Wildman–Crippen LogP) is -0.762. The number of carbonyl (C=O) groups excluding carboxylic acids is 2. The lowest BCUT2D eigenvalue weighted by atomic mass is 10.3. The van der Waals surface area contributed by atoms with Crippen molar-refractivity contribution in [1.29, 1.82) is 0 Å². The van der Waals surface area contributed by atoms with Crippen molar-refractivity contribution in [3.05, 3.63) is 28.7 Å². The van der Waals surface area contributed by atoms with Gasteiger partial charge in [0.15, 0.2) is 6.10 Å². The van der Waals surface area contributed by atoms with Crippen molar-refractivity contribution in [2.24, 2.45) is 5.73 Å². The van der Waals surface area contributed by atoms with Crippen LogP contribution in [-0.4, -0.2) is 22.5 Å². The minimum Gasteiger partial charge on any atom is -0.451 e. The van der Waals surface area contributed by atoms with Crippen molar-refractivity contribution in [1.82, 2.24) is 4.57 Å². The van der Waals surface area contributed by atoms with E-state index in [0.717, 1.165) is 4.57 Å². The molecular formula is C11H15N3O4. The lowest BCUT2D eigenvalue weighted by Crippen LogP contribution is -2.34. The van der Waals surface area contributed by atoms with Crippen LogP contribution in [-0.2, 0) is 20.9 Å². The summed E-state index contributed by atoms with van der Waals surface area (Å²) in [6.07, 6.45) is 0.635. The number of anilines is 1. The Bertz CT molecular complexity index is 509. The fourth-order valence-corrected chi connectivity index (χ4v) is 1.35. The Labute approximate surface area is 103 Å². The summed E-state index contributed by atoms with van der Waals surface area (Å²) in [6.45, 7) is 1.35. The summed E-state index contributed by atoms with van der Waals surface area (Å²) in [5, 5.41) is 0. The second-order valence-electron chi connectivity index (χ2n) is 3.72. The lowest BCUT2D eigenvalue weighted by molar-refractivity contribution is -0.155. The van der Waals surface area contributed by atoms with Gasteiger partial charge < -0.3 is 20.8 Å². The highest BCUT2D eigenvalue weighted by molar-refractivity contribution is 5.82. The third-order valence-corrected chi connectivity index (χ3v) is 2.27. The zero-order chi connectivity index (χ0) is 13.7. The molecule has 18 heavy (non-hydrogen) atoms. The molecule has 1 amide bonds. The van der Waals surface area contributed by atoms with E-state index in [9.17, 15) is 14.4 Å². The molecule has 1 heterocycles. The van der Waals surface area contributed by atoms with E-state index >= 15 is 0 Å². The number of nitrogen functional groups attached to an aromatic ring is 1. The van der Waals surface area contributed by atoms with Gasteiger partial charge in [0.25, 0.3) is 11.5 Å². The van der Waals surface area contributed by atoms with Crippen LogP contribution < -0.4 is 17.0 Å². The van der Waals surface area contributed by atoms with Gasteiger partial charge in [0.2, 0.25) is 0 Å². The van der Waals surface area contributed by atoms with Gasteiger partial charge in [0.05, 0.1) is 0 Å². The normalized spacial score (nSPS) is 11.8. The summed E-state index contributed by atoms with van der Waals surface area (Å²) in [4.78, 5) is 33.8. The van der Waals surface area contributed by atoms with Crippen molar-refractivity contribution >= 4 is 17.6 Å². The summed E-state index contributed by atoms with van der Waals surface area (Å²) in [5.74, 6) is -1.43. The number of hydrogen-bond donors (Lipinski definition) is 2. The Morgan fingerprint density at radius 1 is 1.44 bits per heavy atom. The molecule has 0 saturated heterocycles. The van der Waals surface area contributed by atoms with Gasteiger partial charge in [-0.2, -0.15) is 0 Å². The Morgan fingerprint density at radius 3 is 2.67 bits per heavy atom. The molecule has 98 valence electrons. The lowest BCUT2D eigenvalue weighted by Gasteiger charge is -2.13. The molecule has 0 aliphatic rings. The van der Waals surface area contributed by atoms with Gasteiger partial charge in [-0.15, -0.1) is 0 Å². The van der Waals surface area contributed by atoms with Crippen LogP contribution in [0.1, 0.15) is 13.3 Å². The largest absolute Gasteiger partial charge is 0.451 e. The topological polar surface area (TPSA) is 117 Å². The van der Waals surface area contributed by atoms with Gasteiger partial charge in [-0.05, 0) is 12.5 Å². The second kappa shape index (κ2) is 5.85. The maximum Gasteiger partial charge on any atom is 0.326 e. The zero-order valence-corrected chi connectivity index (χ0v) is 9.96. The molecule has 1 rings (SSSR count). The summed E-state index contributed by atoms with van der Waals surface area (Å²) in [5.41, 5.74) is 10.5. The highest BCUT2D eigenvalue weighted by Gasteiger charge is 2.18. The zero-order valence-electron chi connectivity index (χ0n) is 9.96. The number of pyridine rings is 1. The third-order valence-electron chi connectivity index (χ3n) is 2.27. The van der Waals surface area contributed by atoms with Gasteiger partial charge in [-0.1, -0.05) is 6.92 Å². The number of amides is 1. The van der Waals surface area contributed by atoms with E-state index in [2.05, 4.69) is 0 Å². The quantitative estimate of drug-likeness (QED) is 0.668. The molecule has 0 spiro atoms. The van der Waals surface area contributed by atoms with Crippen LogP contribution in [0.15, 0.2) is 23.1 Å². The highest BCUT2D eigenvalue weighted by Crippen LogP contribution is 2.00. The average Bonchev–Trinajstić information content (AvgIpc) is 2.30. The number of ether oxygens (including phenoxy) is 1. The minimum atomic E-state index is -0.978. The molecule has 1 aromatic heterocycles. The van der Waals surface area contributed by atoms with Crippen LogP contribution in [0.2, 0.25) is 0 Å². The molecule has 7 nitrogen and oxygen atoms in total. The summed E-state index contributed by atoms with van der Waals surface area (Å²) in [6, 6.07) is 2.68. The molecule has 0 radical (unpaired) electrons. The van der Waals surface area contributed by atoms with Gasteiger partial charge in [-0.3, -0.25) is 14.4 Å². The first-order valence-corrected chi connectivity index (χ1v) is 5.38. The smallest absolute Gasteiger partial charge is 0.326 e. The molecule has 0 aliphatic heterocycles. The number of carbonyl (C=O) groups is 2. The molecule has 0 aliphatic carbocycles. The summed E-state index contributed by atoms with van der Waals surface area (Å²) in [7, 11) is 0. The van der Waals surface area contributed by atoms with Gasteiger partial charge in [0, 0.05) is 18.0 Å². The molecule has 0 bridgehead atoms. The maximum atomic E-state index is 11.5. The first-order valence-electron chi connectivity index (χ1n) is 5.38. The van der Waals surface area contributed by atoms with Crippen molar-refractivity contribution in [2.75, 3.05) is 5.73 Å². The first kappa shape index (κ1) is 13.8. The van der Waals surface area contributed by atoms with Crippen LogP contribution >= 0.6 is 0 Å². The van der Waals surface area contributed by atoms with E-state index in [1.165, 1.54) is 18.3 Å². The Morgan fingerprint density at radius 2 is 2.11 bits per heavy atom.